The Kier molecular flexibility index (Phi) is 4.85. The average Bonchev–Trinajstić information content (AvgIpc) is 2.62. The lowest BCUT2D eigenvalue weighted by Gasteiger charge is -2.29. The molecule has 0 unspecified atom stereocenters. The Morgan fingerprint density at radius 1 is 0.739 bits per heavy atom. The minimum Gasteiger partial charge on any atom is -0.380 e. The average molecular weight is 320 g/mol. The first-order chi connectivity index (χ1) is 11.2. The predicted octanol–water partition coefficient (Wildman–Crippen LogP) is 5.02. The van der Waals surface area contributed by atoms with Gasteiger partial charge in [-0.25, -0.2) is 0 Å². The van der Waals surface area contributed by atoms with E-state index in [4.69, 9.17) is 0 Å². The summed E-state index contributed by atoms with van der Waals surface area (Å²) in [5.41, 5.74) is 2.09. The van der Waals surface area contributed by atoms with Gasteiger partial charge in [-0.3, -0.25) is 0 Å². The van der Waals surface area contributed by atoms with E-state index in [1.165, 1.54) is 10.5 Å². The first kappa shape index (κ1) is 15.9. The van der Waals surface area contributed by atoms with E-state index in [9.17, 15) is 5.11 Å². The number of aryl methyl sites for hydroxylation is 1. The molecule has 1 nitrogen and oxygen atoms in total. The van der Waals surface area contributed by atoms with Crippen LogP contribution in [0, 0.1) is 6.92 Å². The van der Waals surface area contributed by atoms with E-state index in [-0.39, 0.29) is 0 Å². The molecule has 0 bridgehead atoms. The number of rotatable bonds is 5. The van der Waals surface area contributed by atoms with Crippen LogP contribution in [0.2, 0.25) is 0 Å². The third-order valence-electron chi connectivity index (χ3n) is 3.97. The monoisotopic (exact) mass is 320 g/mol. The van der Waals surface area contributed by atoms with Crippen LogP contribution in [-0.4, -0.2) is 10.9 Å². The maximum Gasteiger partial charge on any atom is 0.124 e. The van der Waals surface area contributed by atoms with Crippen molar-refractivity contribution in [2.75, 3.05) is 5.75 Å². The van der Waals surface area contributed by atoms with Crippen LogP contribution in [0.5, 0.6) is 0 Å². The minimum atomic E-state index is -1.00. The summed E-state index contributed by atoms with van der Waals surface area (Å²) < 4.78 is 0. The third kappa shape index (κ3) is 3.66. The third-order valence-corrected chi connectivity index (χ3v) is 5.14. The van der Waals surface area contributed by atoms with Gasteiger partial charge in [0.2, 0.25) is 0 Å². The van der Waals surface area contributed by atoms with Crippen molar-refractivity contribution in [2.45, 2.75) is 17.4 Å². The van der Waals surface area contributed by atoms with E-state index in [2.05, 4.69) is 31.2 Å². The van der Waals surface area contributed by atoms with Crippen LogP contribution in [0.1, 0.15) is 16.7 Å². The molecular formula is C21H20OS. The molecule has 0 aliphatic rings. The summed E-state index contributed by atoms with van der Waals surface area (Å²) in [5.74, 6) is 0.573. The summed E-state index contributed by atoms with van der Waals surface area (Å²) in [6, 6.07) is 28.2. The Hall–Kier alpha value is -2.03. The summed E-state index contributed by atoms with van der Waals surface area (Å²) in [7, 11) is 0. The normalized spacial score (nSPS) is 11.4. The molecule has 2 heteroatoms. The van der Waals surface area contributed by atoms with Crippen molar-refractivity contribution >= 4 is 11.8 Å². The first-order valence-electron chi connectivity index (χ1n) is 7.71. The zero-order valence-electron chi connectivity index (χ0n) is 13.1. The van der Waals surface area contributed by atoms with Gasteiger partial charge in [0.05, 0.1) is 0 Å². The SMILES string of the molecule is Cc1ccc(SCC(O)(c2ccccc2)c2ccccc2)cc1. The molecule has 0 fully saturated rings. The lowest BCUT2D eigenvalue weighted by Crippen LogP contribution is -2.30. The number of benzene rings is 3. The van der Waals surface area contributed by atoms with Gasteiger partial charge in [0.15, 0.2) is 0 Å². The van der Waals surface area contributed by atoms with Crippen molar-refractivity contribution in [3.63, 3.8) is 0 Å². The number of hydrogen-bond acceptors (Lipinski definition) is 2. The topological polar surface area (TPSA) is 20.2 Å². The van der Waals surface area contributed by atoms with Gasteiger partial charge in [0.1, 0.15) is 5.60 Å². The van der Waals surface area contributed by atoms with Gasteiger partial charge in [0.25, 0.3) is 0 Å². The second kappa shape index (κ2) is 7.03. The molecule has 0 aliphatic heterocycles. The number of thioether (sulfide) groups is 1. The molecular weight excluding hydrogens is 300 g/mol. The fourth-order valence-corrected chi connectivity index (χ4v) is 3.62. The summed E-state index contributed by atoms with van der Waals surface area (Å²) in [6.45, 7) is 2.08. The van der Waals surface area contributed by atoms with Crippen LogP contribution in [0.15, 0.2) is 89.8 Å². The summed E-state index contributed by atoms with van der Waals surface area (Å²) in [5, 5.41) is 11.4. The minimum absolute atomic E-state index is 0.573. The lowest BCUT2D eigenvalue weighted by molar-refractivity contribution is 0.107. The maximum absolute atomic E-state index is 11.4. The van der Waals surface area contributed by atoms with Gasteiger partial charge in [0, 0.05) is 10.6 Å². The molecule has 116 valence electrons. The Morgan fingerprint density at radius 3 is 1.70 bits per heavy atom. The summed E-state index contributed by atoms with van der Waals surface area (Å²) in [6.07, 6.45) is 0. The first-order valence-corrected chi connectivity index (χ1v) is 8.70. The van der Waals surface area contributed by atoms with Crippen molar-refractivity contribution in [3.8, 4) is 0 Å². The number of aliphatic hydroxyl groups is 1. The van der Waals surface area contributed by atoms with E-state index in [0.717, 1.165) is 11.1 Å². The molecule has 0 amide bonds. The molecule has 3 aromatic rings. The molecule has 0 atom stereocenters. The van der Waals surface area contributed by atoms with E-state index < -0.39 is 5.60 Å². The highest BCUT2D eigenvalue weighted by Crippen LogP contribution is 2.35. The van der Waals surface area contributed by atoms with Crippen molar-refractivity contribution < 1.29 is 5.11 Å². The Balaban J connectivity index is 1.91. The van der Waals surface area contributed by atoms with Gasteiger partial charge in [-0.1, -0.05) is 78.4 Å². The van der Waals surface area contributed by atoms with Crippen molar-refractivity contribution in [1.29, 1.82) is 0 Å². The zero-order valence-corrected chi connectivity index (χ0v) is 14.0. The Bertz CT molecular complexity index is 696. The van der Waals surface area contributed by atoms with E-state index in [0.29, 0.717) is 5.75 Å². The highest BCUT2D eigenvalue weighted by Gasteiger charge is 2.31. The summed E-state index contributed by atoms with van der Waals surface area (Å²) in [4.78, 5) is 1.17. The molecule has 0 saturated carbocycles. The fraction of sp³-hybridized carbons (Fsp3) is 0.143. The van der Waals surface area contributed by atoms with Crippen LogP contribution >= 0.6 is 11.8 Å². The highest BCUT2D eigenvalue weighted by atomic mass is 32.2. The molecule has 0 aromatic heterocycles. The van der Waals surface area contributed by atoms with Crippen LogP contribution in [0.4, 0.5) is 0 Å². The largest absolute Gasteiger partial charge is 0.380 e. The number of hydrogen-bond donors (Lipinski definition) is 1. The molecule has 0 radical (unpaired) electrons. The van der Waals surface area contributed by atoms with Gasteiger partial charge in [-0.15, -0.1) is 11.8 Å². The standard InChI is InChI=1S/C21H20OS/c1-17-12-14-20(15-13-17)23-16-21(22,18-8-4-2-5-9-18)19-10-6-3-7-11-19/h2-15,22H,16H2,1H3. The molecule has 23 heavy (non-hydrogen) atoms. The molecule has 0 heterocycles. The fourth-order valence-electron chi connectivity index (χ4n) is 2.58. The molecule has 1 N–H and O–H groups in total. The van der Waals surface area contributed by atoms with Crippen LogP contribution in [0.3, 0.4) is 0 Å². The van der Waals surface area contributed by atoms with E-state index >= 15 is 0 Å². The molecule has 0 spiro atoms. The van der Waals surface area contributed by atoms with Gasteiger partial charge in [-0.2, -0.15) is 0 Å². The van der Waals surface area contributed by atoms with Crippen molar-refractivity contribution in [1.82, 2.24) is 0 Å². The second-order valence-corrected chi connectivity index (χ2v) is 6.74. The van der Waals surface area contributed by atoms with Crippen molar-refractivity contribution in [3.05, 3.63) is 102 Å². The van der Waals surface area contributed by atoms with E-state index in [1.54, 1.807) is 11.8 Å². The quantitative estimate of drug-likeness (QED) is 0.666. The molecule has 3 aromatic carbocycles. The highest BCUT2D eigenvalue weighted by molar-refractivity contribution is 7.99. The second-order valence-electron chi connectivity index (χ2n) is 5.69. The zero-order chi connectivity index (χ0) is 16.1. The lowest BCUT2D eigenvalue weighted by atomic mass is 9.88. The van der Waals surface area contributed by atoms with Crippen LogP contribution in [-0.2, 0) is 5.60 Å². The van der Waals surface area contributed by atoms with Gasteiger partial charge in [-0.05, 0) is 30.2 Å². The predicted molar refractivity (Wildman–Crippen MR) is 97.8 cm³/mol. The van der Waals surface area contributed by atoms with Gasteiger partial charge >= 0.3 is 0 Å². The molecule has 0 saturated heterocycles. The van der Waals surface area contributed by atoms with Crippen molar-refractivity contribution in [2.24, 2.45) is 0 Å². The van der Waals surface area contributed by atoms with Gasteiger partial charge < -0.3 is 5.11 Å². The molecule has 0 aliphatic carbocycles. The summed E-state index contributed by atoms with van der Waals surface area (Å²) >= 11 is 1.68. The van der Waals surface area contributed by atoms with Crippen LogP contribution < -0.4 is 0 Å². The molecule has 3 rings (SSSR count). The van der Waals surface area contributed by atoms with Crippen LogP contribution in [0.25, 0.3) is 0 Å². The Labute approximate surface area is 142 Å². The Morgan fingerprint density at radius 2 is 1.22 bits per heavy atom. The maximum atomic E-state index is 11.4. The smallest absolute Gasteiger partial charge is 0.124 e. The van der Waals surface area contributed by atoms with E-state index in [1.807, 2.05) is 60.7 Å².